The number of likely N-dealkylation sites (tertiary alicyclic amines) is 1. The van der Waals surface area contributed by atoms with Crippen LogP contribution < -0.4 is 0 Å². The third-order valence-corrected chi connectivity index (χ3v) is 3.55. The van der Waals surface area contributed by atoms with Crippen LogP contribution in [0.3, 0.4) is 0 Å². The maximum Gasteiger partial charge on any atom is 0.0988 e. The first-order chi connectivity index (χ1) is 7.72. The maximum atomic E-state index is 8.95. The Morgan fingerprint density at radius 3 is 2.81 bits per heavy atom. The van der Waals surface area contributed by atoms with Crippen molar-refractivity contribution in [3.63, 3.8) is 0 Å². The van der Waals surface area contributed by atoms with Crippen LogP contribution in [0.25, 0.3) is 0 Å². The zero-order chi connectivity index (χ0) is 11.4. The molecule has 2 heteroatoms. The summed E-state index contributed by atoms with van der Waals surface area (Å²) in [6, 6.07) is 2.25. The molecule has 1 aliphatic carbocycles. The number of nitriles is 1. The Morgan fingerprint density at radius 2 is 2.12 bits per heavy atom. The highest BCUT2D eigenvalue weighted by atomic mass is 15.1. The third-order valence-electron chi connectivity index (χ3n) is 3.55. The van der Waals surface area contributed by atoms with Crippen molar-refractivity contribution in [2.75, 3.05) is 19.6 Å². The Bertz CT molecular complexity index is 342. The Kier molecular flexibility index (Phi) is 3.46. The fourth-order valence-corrected chi connectivity index (χ4v) is 2.75. The molecule has 0 saturated carbocycles. The molecule has 1 aliphatic heterocycles. The van der Waals surface area contributed by atoms with Crippen LogP contribution in [0, 0.1) is 16.7 Å². The Balaban J connectivity index is 2.00. The number of hydrogen-bond donors (Lipinski definition) is 0. The average molecular weight is 216 g/mol. The van der Waals surface area contributed by atoms with Gasteiger partial charge >= 0.3 is 0 Å². The molecule has 0 unspecified atom stereocenters. The van der Waals surface area contributed by atoms with Gasteiger partial charge < -0.3 is 4.90 Å². The Morgan fingerprint density at radius 1 is 1.38 bits per heavy atom. The second kappa shape index (κ2) is 4.84. The molecule has 16 heavy (non-hydrogen) atoms. The highest BCUT2D eigenvalue weighted by Crippen LogP contribution is 2.31. The van der Waals surface area contributed by atoms with E-state index in [1.807, 2.05) is 6.08 Å². The molecular formula is C14H20N2. The number of hydrogen-bond acceptors (Lipinski definition) is 2. The van der Waals surface area contributed by atoms with Crippen LogP contribution in [0.1, 0.15) is 32.6 Å². The number of nitrogens with zero attached hydrogens (tertiary/aromatic N) is 2. The van der Waals surface area contributed by atoms with Gasteiger partial charge in [0.25, 0.3) is 0 Å². The molecule has 1 fully saturated rings. The summed E-state index contributed by atoms with van der Waals surface area (Å²) in [5.41, 5.74) is 0.989. The number of rotatable bonds is 2. The van der Waals surface area contributed by atoms with Crippen LogP contribution in [0.15, 0.2) is 23.8 Å². The minimum atomic E-state index is 0.164. The highest BCUT2D eigenvalue weighted by molar-refractivity contribution is 5.37. The van der Waals surface area contributed by atoms with Crippen molar-refractivity contribution < 1.29 is 0 Å². The molecule has 2 aliphatic rings. The molecule has 86 valence electrons. The number of piperidine rings is 1. The molecule has 2 rings (SSSR count). The Hall–Kier alpha value is -1.07. The second-order valence-electron chi connectivity index (χ2n) is 5.31. The van der Waals surface area contributed by atoms with E-state index in [1.54, 1.807) is 0 Å². The normalized spacial score (nSPS) is 30.9. The van der Waals surface area contributed by atoms with Crippen molar-refractivity contribution in [2.24, 2.45) is 5.41 Å². The minimum Gasteiger partial charge on any atom is -0.302 e. The smallest absolute Gasteiger partial charge is 0.0988 e. The van der Waals surface area contributed by atoms with Gasteiger partial charge in [0.2, 0.25) is 0 Å². The first-order valence-electron chi connectivity index (χ1n) is 6.24. The fourth-order valence-electron chi connectivity index (χ4n) is 2.75. The van der Waals surface area contributed by atoms with Crippen molar-refractivity contribution in [3.8, 4) is 6.07 Å². The van der Waals surface area contributed by atoms with E-state index in [0.29, 0.717) is 0 Å². The van der Waals surface area contributed by atoms with Gasteiger partial charge in [0.05, 0.1) is 6.07 Å². The SMILES string of the molecule is C[C@@]1(CN2CCCCC2)C=C(C#N)C=CC1. The van der Waals surface area contributed by atoms with Gasteiger partial charge in [-0.3, -0.25) is 0 Å². The van der Waals surface area contributed by atoms with Crippen molar-refractivity contribution in [2.45, 2.75) is 32.6 Å². The zero-order valence-electron chi connectivity index (χ0n) is 10.1. The van der Waals surface area contributed by atoms with Crippen LogP contribution in [0.2, 0.25) is 0 Å². The summed E-state index contributed by atoms with van der Waals surface area (Å²) in [7, 11) is 0. The van der Waals surface area contributed by atoms with E-state index in [-0.39, 0.29) is 5.41 Å². The molecule has 0 N–H and O–H groups in total. The molecule has 0 bridgehead atoms. The van der Waals surface area contributed by atoms with E-state index in [0.717, 1.165) is 18.5 Å². The fraction of sp³-hybridized carbons (Fsp3) is 0.643. The molecule has 0 spiro atoms. The van der Waals surface area contributed by atoms with Crippen molar-refractivity contribution in [3.05, 3.63) is 23.8 Å². The van der Waals surface area contributed by atoms with Gasteiger partial charge in [0.15, 0.2) is 0 Å². The molecular weight excluding hydrogens is 196 g/mol. The summed E-state index contributed by atoms with van der Waals surface area (Å²) in [5.74, 6) is 0. The standard InChI is InChI=1S/C14H20N2/c1-14(7-5-6-13(10-14)11-15)12-16-8-3-2-4-9-16/h5-6,10H,2-4,7-9,12H2,1H3/t14-/m0/s1. The molecule has 1 saturated heterocycles. The van der Waals surface area contributed by atoms with Crippen molar-refractivity contribution >= 4 is 0 Å². The molecule has 0 aromatic carbocycles. The van der Waals surface area contributed by atoms with Crippen LogP contribution in [-0.2, 0) is 0 Å². The van der Waals surface area contributed by atoms with Gasteiger partial charge in [-0.2, -0.15) is 5.26 Å². The highest BCUT2D eigenvalue weighted by Gasteiger charge is 2.26. The molecule has 0 aromatic heterocycles. The lowest BCUT2D eigenvalue weighted by Gasteiger charge is -2.36. The predicted molar refractivity (Wildman–Crippen MR) is 65.9 cm³/mol. The average Bonchev–Trinajstić information content (AvgIpc) is 2.29. The minimum absolute atomic E-state index is 0.164. The van der Waals surface area contributed by atoms with Crippen LogP contribution in [0.5, 0.6) is 0 Å². The second-order valence-corrected chi connectivity index (χ2v) is 5.31. The summed E-state index contributed by atoms with van der Waals surface area (Å²) in [6.45, 7) is 5.83. The third kappa shape index (κ3) is 2.74. The molecule has 0 radical (unpaired) electrons. The largest absolute Gasteiger partial charge is 0.302 e. The summed E-state index contributed by atoms with van der Waals surface area (Å²) in [5, 5.41) is 8.95. The van der Waals surface area contributed by atoms with Crippen molar-refractivity contribution in [1.29, 1.82) is 5.26 Å². The quantitative estimate of drug-likeness (QED) is 0.709. The first kappa shape index (κ1) is 11.4. The zero-order valence-corrected chi connectivity index (χ0v) is 10.1. The molecule has 0 amide bonds. The van der Waals surface area contributed by atoms with Crippen LogP contribution in [-0.4, -0.2) is 24.5 Å². The lowest BCUT2D eigenvalue weighted by Crippen LogP contribution is -2.38. The van der Waals surface area contributed by atoms with Gasteiger partial charge in [-0.05, 0) is 38.4 Å². The van der Waals surface area contributed by atoms with Gasteiger partial charge in [0.1, 0.15) is 0 Å². The summed E-state index contributed by atoms with van der Waals surface area (Å²) >= 11 is 0. The van der Waals surface area contributed by atoms with Gasteiger partial charge in [-0.25, -0.2) is 0 Å². The van der Waals surface area contributed by atoms with Crippen molar-refractivity contribution in [1.82, 2.24) is 4.90 Å². The van der Waals surface area contributed by atoms with E-state index < -0.39 is 0 Å². The Labute approximate surface area is 98.2 Å². The summed E-state index contributed by atoms with van der Waals surface area (Å²) < 4.78 is 0. The van der Waals surface area contributed by atoms with Crippen LogP contribution in [0.4, 0.5) is 0 Å². The molecule has 1 heterocycles. The van der Waals surface area contributed by atoms with Crippen LogP contribution >= 0.6 is 0 Å². The van der Waals surface area contributed by atoms with E-state index in [2.05, 4.69) is 30.0 Å². The first-order valence-corrected chi connectivity index (χ1v) is 6.24. The monoisotopic (exact) mass is 216 g/mol. The maximum absolute atomic E-state index is 8.95. The summed E-state index contributed by atoms with van der Waals surface area (Å²) in [6.07, 6.45) is 11.4. The topological polar surface area (TPSA) is 27.0 Å². The van der Waals surface area contributed by atoms with E-state index >= 15 is 0 Å². The predicted octanol–water partition coefficient (Wildman–Crippen LogP) is 2.89. The lowest BCUT2D eigenvalue weighted by molar-refractivity contribution is 0.169. The van der Waals surface area contributed by atoms with Gasteiger partial charge in [-0.15, -0.1) is 0 Å². The van der Waals surface area contributed by atoms with Gasteiger partial charge in [0, 0.05) is 17.5 Å². The van der Waals surface area contributed by atoms with E-state index in [4.69, 9.17) is 5.26 Å². The molecule has 1 atom stereocenters. The van der Waals surface area contributed by atoms with Gasteiger partial charge in [-0.1, -0.05) is 25.5 Å². The molecule has 2 nitrogen and oxygen atoms in total. The van der Waals surface area contributed by atoms with E-state index in [9.17, 15) is 0 Å². The number of allylic oxidation sites excluding steroid dienone is 3. The molecule has 0 aromatic rings. The lowest BCUT2D eigenvalue weighted by atomic mass is 9.81. The van der Waals surface area contributed by atoms with E-state index in [1.165, 1.54) is 32.4 Å². The summed E-state index contributed by atoms with van der Waals surface area (Å²) in [4.78, 5) is 2.55.